The zero-order chi connectivity index (χ0) is 56.4. The van der Waals surface area contributed by atoms with Crippen LogP contribution in [0.25, 0.3) is 11.1 Å². The van der Waals surface area contributed by atoms with E-state index in [4.69, 9.17) is 9.47 Å². The molecule has 22 heteroatoms. The van der Waals surface area contributed by atoms with E-state index in [1.165, 1.54) is 34.0 Å². The third-order valence-electron chi connectivity index (χ3n) is 15.7. The van der Waals surface area contributed by atoms with Crippen molar-refractivity contribution in [2.75, 3.05) is 73.0 Å². The molecule has 0 saturated carbocycles. The van der Waals surface area contributed by atoms with E-state index in [0.717, 1.165) is 49.1 Å². The molecule has 0 radical (unpaired) electrons. The molecule has 4 aliphatic heterocycles. The lowest BCUT2D eigenvalue weighted by molar-refractivity contribution is -0.136. The van der Waals surface area contributed by atoms with Gasteiger partial charge in [0.1, 0.15) is 35.7 Å². The summed E-state index contributed by atoms with van der Waals surface area (Å²) in [6.45, 7) is 9.66. The average Bonchev–Trinajstić information content (AvgIpc) is 3.83. The van der Waals surface area contributed by atoms with Crippen LogP contribution in [-0.4, -0.2) is 140 Å². The predicted molar refractivity (Wildman–Crippen MR) is 296 cm³/mol. The molecule has 0 spiro atoms. The summed E-state index contributed by atoms with van der Waals surface area (Å²) < 4.78 is 14.8. The van der Waals surface area contributed by atoms with Crippen molar-refractivity contribution >= 4 is 70.0 Å². The topological polar surface area (TPSA) is 260 Å². The van der Waals surface area contributed by atoms with Crippen molar-refractivity contribution < 1.29 is 48.1 Å². The molecule has 1 aliphatic carbocycles. The number of pyridine rings is 3. The van der Waals surface area contributed by atoms with Crippen LogP contribution in [0.1, 0.15) is 114 Å². The highest BCUT2D eigenvalue weighted by Gasteiger charge is 2.46. The largest absolute Gasteiger partial charge is 0.392 e. The monoisotopic (exact) mass is 1090 g/mol. The van der Waals surface area contributed by atoms with Crippen LogP contribution in [0.4, 0.5) is 28.7 Å². The Morgan fingerprint density at radius 1 is 0.850 bits per heavy atom. The van der Waals surface area contributed by atoms with Gasteiger partial charge in [0.05, 0.1) is 48.5 Å². The molecule has 5 aromatic rings. The highest BCUT2D eigenvalue weighted by molar-refractivity contribution is 6.26. The first-order valence-corrected chi connectivity index (χ1v) is 27.4. The third-order valence-corrected chi connectivity index (χ3v) is 15.7. The fourth-order valence-corrected chi connectivity index (χ4v) is 11.7. The summed E-state index contributed by atoms with van der Waals surface area (Å²) in [5.74, 6) is -2.27. The number of rotatable bonds is 20. The van der Waals surface area contributed by atoms with Crippen LogP contribution in [0.5, 0.6) is 0 Å². The van der Waals surface area contributed by atoms with Crippen LogP contribution >= 0.6 is 0 Å². The Morgan fingerprint density at radius 2 is 1.66 bits per heavy atom. The lowest BCUT2D eigenvalue weighted by atomic mass is 9.90. The van der Waals surface area contributed by atoms with Gasteiger partial charge in [-0.3, -0.25) is 53.5 Å². The van der Waals surface area contributed by atoms with Gasteiger partial charge >= 0.3 is 0 Å². The molecule has 1 aromatic carbocycles. The Labute approximate surface area is 462 Å². The van der Waals surface area contributed by atoms with Crippen LogP contribution in [0.15, 0.2) is 71.9 Å². The summed E-state index contributed by atoms with van der Waals surface area (Å²) in [5.41, 5.74) is 6.13. The van der Waals surface area contributed by atoms with Gasteiger partial charge in [-0.15, -0.1) is 0 Å². The van der Waals surface area contributed by atoms with E-state index < -0.39 is 35.6 Å². The van der Waals surface area contributed by atoms with Gasteiger partial charge < -0.3 is 44.1 Å². The molecule has 0 bridgehead atoms. The van der Waals surface area contributed by atoms with Crippen LogP contribution in [0.2, 0.25) is 0 Å². The second kappa shape index (κ2) is 23.3. The minimum atomic E-state index is -1.12. The molecular formula is C58H67N11O11. The van der Waals surface area contributed by atoms with Gasteiger partial charge in [0.2, 0.25) is 23.6 Å². The molecule has 10 rings (SSSR count). The molecule has 80 heavy (non-hydrogen) atoms. The van der Waals surface area contributed by atoms with E-state index in [0.29, 0.717) is 79.8 Å². The zero-order valence-electron chi connectivity index (χ0n) is 45.5. The molecular weight excluding hydrogens is 1030 g/mol. The number of aryl methyl sites for hydroxylation is 1. The molecule has 4 N–H and O–H groups in total. The molecule has 420 valence electrons. The molecule has 7 amide bonds. The summed E-state index contributed by atoms with van der Waals surface area (Å²) in [6, 6.07) is 12.7. The number of piperazine rings is 1. The van der Waals surface area contributed by atoms with Gasteiger partial charge in [-0.05, 0) is 98.0 Å². The quantitative estimate of drug-likeness (QED) is 0.0607. The molecule has 4 aromatic heterocycles. The number of unbranched alkanes of at least 4 members (excludes halogenated alkanes) is 3. The second-order valence-corrected chi connectivity index (χ2v) is 22.0. The van der Waals surface area contributed by atoms with Gasteiger partial charge in [-0.2, -0.15) is 0 Å². The molecule has 2 atom stereocenters. The summed E-state index contributed by atoms with van der Waals surface area (Å²) in [7, 11) is 1.66. The number of fused-ring (bicyclic) bond motifs is 4. The van der Waals surface area contributed by atoms with Crippen molar-refractivity contribution in [3.63, 3.8) is 0 Å². The number of aliphatic hydroxyl groups excluding tert-OH is 1. The van der Waals surface area contributed by atoms with Gasteiger partial charge in [-0.1, -0.05) is 32.8 Å². The van der Waals surface area contributed by atoms with Crippen molar-refractivity contribution in [3.8, 4) is 11.1 Å². The Morgan fingerprint density at radius 3 is 2.44 bits per heavy atom. The number of ether oxygens (including phenoxy) is 2. The number of hydrogen-bond donors (Lipinski definition) is 4. The number of aromatic nitrogens is 4. The number of hydrogen-bond acceptors (Lipinski definition) is 15. The Balaban J connectivity index is 0.627. The van der Waals surface area contributed by atoms with E-state index >= 15 is 0 Å². The summed E-state index contributed by atoms with van der Waals surface area (Å²) >= 11 is 0. The van der Waals surface area contributed by atoms with Crippen LogP contribution in [0.3, 0.4) is 0 Å². The highest BCUT2D eigenvalue weighted by atomic mass is 16.5. The van der Waals surface area contributed by atoms with E-state index in [1.807, 2.05) is 23.1 Å². The van der Waals surface area contributed by atoms with Crippen LogP contribution in [-0.2, 0) is 61.7 Å². The standard InChI is InChI=1S/C58H67N11O11/c1-35-31-65(50(73)12-7-5-6-8-23-79-24-25-80-34-49(72)62-42-11-9-10-40-51(42)57(78)69(54(40)75)44-14-16-48(71)63-53(44)74)19-20-66(35)38-13-15-47(60-30-38)61-43-26-37(32-64(4)55(43)76)39-17-18-59-52(41(39)33-70)68-22-21-67-45(56(68)77)27-36-28-58(2,3)29-46(36)67/h9-11,13,15,17-18,26-27,30,32,35,44,70H,5-8,12,14,16,19-25,28-29,31,33-34H2,1-4H3,(H,60,61)(H,62,72)(H,63,71,74). The minimum absolute atomic E-state index is 0.00174. The number of carbonyl (C=O) groups excluding carboxylic acids is 7. The number of nitrogens with zero attached hydrogens (tertiary/aromatic N) is 8. The second-order valence-electron chi connectivity index (χ2n) is 22.0. The van der Waals surface area contributed by atoms with Gasteiger partial charge in [-0.25, -0.2) is 9.97 Å². The van der Waals surface area contributed by atoms with Crippen molar-refractivity contribution in [1.82, 2.24) is 34.2 Å². The first-order chi connectivity index (χ1) is 38.5. The number of anilines is 5. The maximum Gasteiger partial charge on any atom is 0.276 e. The molecule has 8 heterocycles. The van der Waals surface area contributed by atoms with E-state index in [-0.39, 0.29) is 90.6 Å². The maximum atomic E-state index is 14.0. The number of imide groups is 2. The Kier molecular flexibility index (Phi) is 16.1. The molecule has 2 saturated heterocycles. The maximum absolute atomic E-state index is 14.0. The lowest BCUT2D eigenvalue weighted by Gasteiger charge is -2.41. The van der Waals surface area contributed by atoms with E-state index in [9.17, 15) is 43.5 Å². The van der Waals surface area contributed by atoms with Crippen LogP contribution < -0.4 is 31.3 Å². The van der Waals surface area contributed by atoms with Crippen molar-refractivity contribution in [1.29, 1.82) is 0 Å². The highest BCUT2D eigenvalue weighted by Crippen LogP contribution is 2.41. The Bertz CT molecular complexity index is 3330. The lowest BCUT2D eigenvalue weighted by Crippen LogP contribution is -2.54. The molecule has 2 fully saturated rings. The normalized spacial score (nSPS) is 18.6. The summed E-state index contributed by atoms with van der Waals surface area (Å²) in [5, 5.41) is 18.8. The molecule has 5 aliphatic rings. The van der Waals surface area contributed by atoms with Gasteiger partial charge in [0.25, 0.3) is 23.3 Å². The van der Waals surface area contributed by atoms with Crippen molar-refractivity contribution in [2.24, 2.45) is 12.5 Å². The zero-order valence-corrected chi connectivity index (χ0v) is 45.5. The minimum Gasteiger partial charge on any atom is -0.392 e. The van der Waals surface area contributed by atoms with Gasteiger partial charge in [0.15, 0.2) is 0 Å². The number of aliphatic hydroxyl groups is 1. The fourth-order valence-electron chi connectivity index (χ4n) is 11.7. The first kappa shape index (κ1) is 55.2. The van der Waals surface area contributed by atoms with E-state index in [1.54, 1.807) is 42.7 Å². The number of carbonyl (C=O) groups is 7. The first-order valence-electron chi connectivity index (χ1n) is 27.4. The summed E-state index contributed by atoms with van der Waals surface area (Å²) in [6.07, 6.45) is 10.7. The third kappa shape index (κ3) is 11.4. The van der Waals surface area contributed by atoms with Crippen molar-refractivity contribution in [2.45, 2.75) is 104 Å². The number of piperidine rings is 1. The fraction of sp³-hybridized carbons (Fsp3) is 0.448. The predicted octanol–water partition coefficient (Wildman–Crippen LogP) is 4.73. The van der Waals surface area contributed by atoms with Crippen LogP contribution in [0, 0.1) is 5.41 Å². The summed E-state index contributed by atoms with van der Waals surface area (Å²) in [4.78, 5) is 120. The number of benzene rings is 1. The number of nitrogens with one attached hydrogen (secondary N) is 3. The molecule has 22 nitrogen and oxygen atoms in total. The Hall–Kier alpha value is -8.08. The SMILES string of the molecule is CC1CN(C(=O)CCCCCCOCCOCC(=O)Nc2cccc3c2C(=O)N(C2CCC(=O)NC2=O)C3=O)CCN1c1ccc(Nc2cc(-c3ccnc(N4CCn5c(cc6c5CC(C)(C)C6)C4=O)c3CO)cn(C)c2=O)nc1. The van der Waals surface area contributed by atoms with Crippen molar-refractivity contribution in [3.05, 3.63) is 111 Å². The van der Waals surface area contributed by atoms with E-state index in [2.05, 4.69) is 56.2 Å². The van der Waals surface area contributed by atoms with Gasteiger partial charge in [0, 0.05) is 94.5 Å². The molecule has 2 unspecified atom stereocenters. The number of amides is 7. The average molecular weight is 1090 g/mol. The smallest absolute Gasteiger partial charge is 0.276 e.